The van der Waals surface area contributed by atoms with Gasteiger partial charge in [0.25, 0.3) is 0 Å². The first-order valence-electron chi connectivity index (χ1n) is 7.65. The number of nitrogens with one attached hydrogen (secondary N) is 1. The fraction of sp³-hybridized carbons (Fsp3) is 0.625. The van der Waals surface area contributed by atoms with Crippen LogP contribution in [0, 0.1) is 5.82 Å². The van der Waals surface area contributed by atoms with Gasteiger partial charge in [-0.3, -0.25) is 0 Å². The Morgan fingerprint density at radius 3 is 2.65 bits per heavy atom. The van der Waals surface area contributed by atoms with E-state index < -0.39 is 0 Å². The van der Waals surface area contributed by atoms with Gasteiger partial charge in [-0.05, 0) is 56.8 Å². The van der Waals surface area contributed by atoms with Crippen LogP contribution in [0.5, 0.6) is 0 Å². The van der Waals surface area contributed by atoms with Gasteiger partial charge in [-0.2, -0.15) is 0 Å². The first-order chi connectivity index (χ1) is 9.69. The maximum absolute atomic E-state index is 13.5. The number of fused-ring (bicyclic) bond motifs is 2. The van der Waals surface area contributed by atoms with Crippen molar-refractivity contribution in [1.29, 1.82) is 0 Å². The second-order valence-corrected chi connectivity index (χ2v) is 6.42. The summed E-state index contributed by atoms with van der Waals surface area (Å²) >= 11 is 6.28. The summed E-state index contributed by atoms with van der Waals surface area (Å²) in [6, 6.07) is 6.31. The van der Waals surface area contributed by atoms with Gasteiger partial charge in [-0.15, -0.1) is 0 Å². The highest BCUT2D eigenvalue weighted by atomic mass is 35.5. The molecular formula is C16H22ClFN2. The predicted octanol–water partition coefficient (Wildman–Crippen LogP) is 3.98. The van der Waals surface area contributed by atoms with Crippen LogP contribution in [0.4, 0.5) is 10.1 Å². The standard InChI is InChI=1S/C16H22ClFN2/c1-2-7-19-12-9-13-4-5-14(10-12)20(13)16-8-11(18)3-6-15(16)17/h3,6,8,12-14,19H,2,4-5,7,9-10H2,1H3. The molecule has 0 amide bonds. The molecular weight excluding hydrogens is 275 g/mol. The summed E-state index contributed by atoms with van der Waals surface area (Å²) in [6.07, 6.45) is 5.85. The Morgan fingerprint density at radius 1 is 1.30 bits per heavy atom. The van der Waals surface area contributed by atoms with Crippen molar-refractivity contribution in [3.05, 3.63) is 29.0 Å². The monoisotopic (exact) mass is 296 g/mol. The largest absolute Gasteiger partial charge is 0.364 e. The molecule has 0 spiro atoms. The number of rotatable bonds is 4. The van der Waals surface area contributed by atoms with E-state index in [1.807, 2.05) is 0 Å². The van der Waals surface area contributed by atoms with Gasteiger partial charge >= 0.3 is 0 Å². The SMILES string of the molecule is CCCNC1CC2CCC(C1)N2c1cc(F)ccc1Cl. The van der Waals surface area contributed by atoms with Crippen LogP contribution in [0.3, 0.4) is 0 Å². The lowest BCUT2D eigenvalue weighted by atomic mass is 9.96. The van der Waals surface area contributed by atoms with E-state index in [1.165, 1.54) is 25.3 Å². The lowest BCUT2D eigenvalue weighted by Crippen LogP contribution is -2.49. The smallest absolute Gasteiger partial charge is 0.125 e. The molecule has 2 nitrogen and oxygen atoms in total. The molecule has 1 N–H and O–H groups in total. The second-order valence-electron chi connectivity index (χ2n) is 6.01. The highest BCUT2D eigenvalue weighted by molar-refractivity contribution is 6.33. The predicted molar refractivity (Wildman–Crippen MR) is 82.0 cm³/mol. The normalized spacial score (nSPS) is 28.9. The number of piperidine rings is 1. The summed E-state index contributed by atoms with van der Waals surface area (Å²) in [5.41, 5.74) is 0.883. The first-order valence-corrected chi connectivity index (χ1v) is 8.03. The van der Waals surface area contributed by atoms with Crippen LogP contribution in [0.2, 0.25) is 5.02 Å². The highest BCUT2D eigenvalue weighted by Crippen LogP contribution is 2.42. The maximum Gasteiger partial charge on any atom is 0.125 e. The second kappa shape index (κ2) is 5.90. The van der Waals surface area contributed by atoms with Gasteiger partial charge in [0, 0.05) is 18.1 Å². The van der Waals surface area contributed by atoms with Gasteiger partial charge < -0.3 is 10.2 Å². The summed E-state index contributed by atoms with van der Waals surface area (Å²) < 4.78 is 13.5. The third-order valence-corrected chi connectivity index (χ3v) is 4.92. The third-order valence-electron chi connectivity index (χ3n) is 4.60. The molecule has 2 aliphatic rings. The summed E-state index contributed by atoms with van der Waals surface area (Å²) in [6.45, 7) is 3.29. The van der Waals surface area contributed by atoms with Gasteiger partial charge in [0.05, 0.1) is 10.7 Å². The quantitative estimate of drug-likeness (QED) is 0.904. The van der Waals surface area contributed by atoms with Crippen molar-refractivity contribution in [3.8, 4) is 0 Å². The molecule has 0 radical (unpaired) electrons. The van der Waals surface area contributed by atoms with E-state index in [9.17, 15) is 4.39 Å². The maximum atomic E-state index is 13.5. The molecule has 4 heteroatoms. The van der Waals surface area contributed by atoms with Gasteiger partial charge in [0.15, 0.2) is 0 Å². The van der Waals surface area contributed by atoms with Crippen LogP contribution in [0.25, 0.3) is 0 Å². The summed E-state index contributed by atoms with van der Waals surface area (Å²) in [5, 5.41) is 4.31. The number of nitrogens with zero attached hydrogens (tertiary/aromatic N) is 1. The molecule has 1 aromatic carbocycles. The molecule has 2 bridgehead atoms. The molecule has 0 aliphatic carbocycles. The van der Waals surface area contributed by atoms with Crippen LogP contribution in [0.15, 0.2) is 18.2 Å². The van der Waals surface area contributed by atoms with Crippen molar-refractivity contribution in [3.63, 3.8) is 0 Å². The number of anilines is 1. The van der Waals surface area contributed by atoms with E-state index in [4.69, 9.17) is 11.6 Å². The Hall–Kier alpha value is -0.800. The van der Waals surface area contributed by atoms with Crippen molar-refractivity contribution in [2.75, 3.05) is 11.4 Å². The lowest BCUT2D eigenvalue weighted by Gasteiger charge is -2.41. The van der Waals surface area contributed by atoms with Gasteiger partial charge in [0.1, 0.15) is 5.82 Å². The molecule has 0 aromatic heterocycles. The van der Waals surface area contributed by atoms with Crippen molar-refractivity contribution in [2.45, 2.75) is 57.2 Å². The lowest BCUT2D eigenvalue weighted by molar-refractivity contribution is 0.356. The molecule has 2 saturated heterocycles. The van der Waals surface area contributed by atoms with Crippen LogP contribution in [0.1, 0.15) is 39.0 Å². The van der Waals surface area contributed by atoms with E-state index in [2.05, 4.69) is 17.1 Å². The molecule has 2 heterocycles. The van der Waals surface area contributed by atoms with Crippen molar-refractivity contribution in [1.82, 2.24) is 5.32 Å². The zero-order chi connectivity index (χ0) is 14.1. The summed E-state index contributed by atoms with van der Waals surface area (Å²) in [7, 11) is 0. The topological polar surface area (TPSA) is 15.3 Å². The van der Waals surface area contributed by atoms with Crippen LogP contribution >= 0.6 is 11.6 Å². The van der Waals surface area contributed by atoms with Crippen LogP contribution in [-0.2, 0) is 0 Å². The Labute approximate surface area is 125 Å². The van der Waals surface area contributed by atoms with Crippen LogP contribution in [-0.4, -0.2) is 24.7 Å². The minimum absolute atomic E-state index is 0.199. The molecule has 2 fully saturated rings. The third kappa shape index (κ3) is 2.66. The highest BCUT2D eigenvalue weighted by Gasteiger charge is 2.41. The Kier molecular flexibility index (Phi) is 4.18. The summed E-state index contributed by atoms with van der Waals surface area (Å²) in [4.78, 5) is 2.37. The van der Waals surface area contributed by atoms with Crippen molar-refractivity contribution >= 4 is 17.3 Å². The number of hydrogen-bond acceptors (Lipinski definition) is 2. The van der Waals surface area contributed by atoms with E-state index in [1.54, 1.807) is 12.1 Å². The van der Waals surface area contributed by atoms with Crippen molar-refractivity contribution < 1.29 is 4.39 Å². The van der Waals surface area contributed by atoms with E-state index >= 15 is 0 Å². The number of halogens is 2. The number of hydrogen-bond donors (Lipinski definition) is 1. The Morgan fingerprint density at radius 2 is 2.00 bits per heavy atom. The number of benzene rings is 1. The van der Waals surface area contributed by atoms with E-state index in [-0.39, 0.29) is 5.82 Å². The average molecular weight is 297 g/mol. The molecule has 3 rings (SSSR count). The zero-order valence-corrected chi connectivity index (χ0v) is 12.7. The molecule has 1 aromatic rings. The molecule has 2 unspecified atom stereocenters. The fourth-order valence-electron chi connectivity index (χ4n) is 3.77. The molecule has 2 atom stereocenters. The molecule has 0 saturated carbocycles. The molecule has 20 heavy (non-hydrogen) atoms. The Bertz CT molecular complexity index is 466. The minimum atomic E-state index is -0.199. The summed E-state index contributed by atoms with van der Waals surface area (Å²) in [5.74, 6) is -0.199. The minimum Gasteiger partial charge on any atom is -0.364 e. The van der Waals surface area contributed by atoms with Gasteiger partial charge in [0.2, 0.25) is 0 Å². The van der Waals surface area contributed by atoms with E-state index in [0.717, 1.165) is 25.1 Å². The Balaban J connectivity index is 1.78. The van der Waals surface area contributed by atoms with Gasteiger partial charge in [-0.25, -0.2) is 4.39 Å². The zero-order valence-electron chi connectivity index (χ0n) is 11.9. The molecule has 2 aliphatic heterocycles. The van der Waals surface area contributed by atoms with Crippen molar-refractivity contribution in [2.24, 2.45) is 0 Å². The fourth-order valence-corrected chi connectivity index (χ4v) is 3.98. The molecule has 110 valence electrons. The van der Waals surface area contributed by atoms with Gasteiger partial charge in [-0.1, -0.05) is 18.5 Å². The first kappa shape index (κ1) is 14.2. The van der Waals surface area contributed by atoms with E-state index in [0.29, 0.717) is 23.1 Å². The average Bonchev–Trinajstić information content (AvgIpc) is 2.70. The van der Waals surface area contributed by atoms with Crippen LogP contribution < -0.4 is 10.2 Å².